The quantitative estimate of drug-likeness (QED) is 0.788. The van der Waals surface area contributed by atoms with Crippen LogP contribution in [0.4, 0.5) is 0 Å². The molecule has 4 nitrogen and oxygen atoms in total. The predicted molar refractivity (Wildman–Crippen MR) is 59.8 cm³/mol. The second kappa shape index (κ2) is 4.73. The standard InChI is InChI=1S/C11H8N4S/c1-8-2-3-9(6-12)11(15-8)16-10-7-13-4-5-14-10/h2-5,7H,1H3. The molecular weight excluding hydrogens is 220 g/mol. The van der Waals surface area contributed by atoms with Crippen LogP contribution in [0, 0.1) is 18.3 Å². The lowest BCUT2D eigenvalue weighted by Crippen LogP contribution is -1.90. The van der Waals surface area contributed by atoms with Gasteiger partial charge in [-0.3, -0.25) is 4.98 Å². The summed E-state index contributed by atoms with van der Waals surface area (Å²) < 4.78 is 0. The number of nitrogens with zero attached hydrogens (tertiary/aromatic N) is 4. The lowest BCUT2D eigenvalue weighted by molar-refractivity contribution is 1.02. The minimum atomic E-state index is 0.557. The van der Waals surface area contributed by atoms with Crippen LogP contribution in [-0.4, -0.2) is 15.0 Å². The summed E-state index contributed by atoms with van der Waals surface area (Å²) in [7, 11) is 0. The van der Waals surface area contributed by atoms with Crippen molar-refractivity contribution in [3.63, 3.8) is 0 Å². The Bertz CT molecular complexity index is 533. The first-order valence-corrected chi connectivity index (χ1v) is 5.43. The van der Waals surface area contributed by atoms with Gasteiger partial charge in [-0.25, -0.2) is 9.97 Å². The highest BCUT2D eigenvalue weighted by molar-refractivity contribution is 7.99. The Morgan fingerprint density at radius 3 is 2.88 bits per heavy atom. The molecule has 0 aliphatic heterocycles. The zero-order valence-electron chi connectivity index (χ0n) is 8.58. The van der Waals surface area contributed by atoms with Crippen LogP contribution in [-0.2, 0) is 0 Å². The SMILES string of the molecule is Cc1ccc(C#N)c(Sc2cnccn2)n1. The van der Waals surface area contributed by atoms with Gasteiger partial charge in [0.05, 0.1) is 11.8 Å². The molecule has 0 bridgehead atoms. The van der Waals surface area contributed by atoms with Crippen molar-refractivity contribution in [2.75, 3.05) is 0 Å². The second-order valence-electron chi connectivity index (χ2n) is 3.06. The van der Waals surface area contributed by atoms with Crippen molar-refractivity contribution in [3.05, 3.63) is 42.0 Å². The largest absolute Gasteiger partial charge is 0.260 e. The van der Waals surface area contributed by atoms with Gasteiger partial charge < -0.3 is 0 Å². The zero-order chi connectivity index (χ0) is 11.4. The molecule has 0 aromatic carbocycles. The molecule has 0 N–H and O–H groups in total. The maximum atomic E-state index is 8.95. The summed E-state index contributed by atoms with van der Waals surface area (Å²) in [5, 5.41) is 10.4. The van der Waals surface area contributed by atoms with Crippen LogP contribution in [0.2, 0.25) is 0 Å². The van der Waals surface area contributed by atoms with Crippen LogP contribution in [0.5, 0.6) is 0 Å². The average Bonchev–Trinajstić information content (AvgIpc) is 2.31. The number of nitriles is 1. The molecule has 0 aliphatic rings. The monoisotopic (exact) mass is 228 g/mol. The molecule has 0 saturated heterocycles. The van der Waals surface area contributed by atoms with E-state index in [4.69, 9.17) is 5.26 Å². The van der Waals surface area contributed by atoms with Crippen LogP contribution < -0.4 is 0 Å². The number of pyridine rings is 1. The van der Waals surface area contributed by atoms with Crippen molar-refractivity contribution in [2.24, 2.45) is 0 Å². The Morgan fingerprint density at radius 1 is 1.31 bits per heavy atom. The molecule has 0 fully saturated rings. The highest BCUT2D eigenvalue weighted by Crippen LogP contribution is 2.26. The summed E-state index contributed by atoms with van der Waals surface area (Å²) in [5.74, 6) is 0. The fourth-order valence-electron chi connectivity index (χ4n) is 1.13. The Balaban J connectivity index is 2.35. The number of hydrogen-bond acceptors (Lipinski definition) is 5. The molecule has 78 valence electrons. The van der Waals surface area contributed by atoms with E-state index in [9.17, 15) is 0 Å². The predicted octanol–water partition coefficient (Wildman–Crippen LogP) is 2.20. The van der Waals surface area contributed by atoms with Gasteiger partial charge in [-0.2, -0.15) is 5.26 Å². The van der Waals surface area contributed by atoms with Crippen molar-refractivity contribution >= 4 is 11.8 Å². The zero-order valence-corrected chi connectivity index (χ0v) is 9.40. The molecule has 2 aromatic rings. The Kier molecular flexibility index (Phi) is 3.13. The summed E-state index contributed by atoms with van der Waals surface area (Å²) in [6.45, 7) is 1.89. The maximum absolute atomic E-state index is 8.95. The Labute approximate surface area is 97.4 Å². The van der Waals surface area contributed by atoms with Gasteiger partial charge in [0.2, 0.25) is 0 Å². The minimum absolute atomic E-state index is 0.557. The van der Waals surface area contributed by atoms with Crippen LogP contribution in [0.1, 0.15) is 11.3 Å². The summed E-state index contributed by atoms with van der Waals surface area (Å²) in [6.07, 6.45) is 4.87. The molecule has 0 aliphatic carbocycles. The number of aryl methyl sites for hydroxylation is 1. The van der Waals surface area contributed by atoms with Gasteiger partial charge in [0.25, 0.3) is 0 Å². The molecule has 0 amide bonds. The second-order valence-corrected chi connectivity index (χ2v) is 4.07. The molecule has 16 heavy (non-hydrogen) atoms. The van der Waals surface area contributed by atoms with Gasteiger partial charge >= 0.3 is 0 Å². The number of aromatic nitrogens is 3. The van der Waals surface area contributed by atoms with Crippen LogP contribution in [0.3, 0.4) is 0 Å². The van der Waals surface area contributed by atoms with E-state index in [1.54, 1.807) is 24.7 Å². The van der Waals surface area contributed by atoms with Crippen molar-refractivity contribution in [1.82, 2.24) is 15.0 Å². The highest BCUT2D eigenvalue weighted by atomic mass is 32.2. The molecule has 0 saturated carbocycles. The van der Waals surface area contributed by atoms with Crippen molar-refractivity contribution in [3.8, 4) is 6.07 Å². The van der Waals surface area contributed by atoms with E-state index >= 15 is 0 Å². The molecular formula is C11H8N4S. The molecule has 0 radical (unpaired) electrons. The van der Waals surface area contributed by atoms with E-state index in [-0.39, 0.29) is 0 Å². The Hall–Kier alpha value is -1.93. The fraction of sp³-hybridized carbons (Fsp3) is 0.0909. The molecule has 2 aromatic heterocycles. The molecule has 5 heteroatoms. The van der Waals surface area contributed by atoms with Gasteiger partial charge in [-0.15, -0.1) is 0 Å². The first-order valence-electron chi connectivity index (χ1n) is 4.61. The topological polar surface area (TPSA) is 62.5 Å². The fourth-order valence-corrected chi connectivity index (χ4v) is 1.97. The lowest BCUT2D eigenvalue weighted by atomic mass is 10.3. The number of hydrogen-bond donors (Lipinski definition) is 0. The van der Waals surface area contributed by atoms with Gasteiger partial charge in [0, 0.05) is 18.1 Å². The Morgan fingerprint density at radius 2 is 2.19 bits per heavy atom. The third kappa shape index (κ3) is 2.35. The summed E-state index contributed by atoms with van der Waals surface area (Å²) in [5.41, 5.74) is 1.44. The summed E-state index contributed by atoms with van der Waals surface area (Å²) in [6, 6.07) is 5.70. The van der Waals surface area contributed by atoms with E-state index in [2.05, 4.69) is 21.0 Å². The average molecular weight is 228 g/mol. The first kappa shape index (κ1) is 10.6. The van der Waals surface area contributed by atoms with E-state index in [1.807, 2.05) is 13.0 Å². The van der Waals surface area contributed by atoms with Crippen molar-refractivity contribution in [1.29, 1.82) is 5.26 Å². The molecule has 0 unspecified atom stereocenters. The molecule has 0 spiro atoms. The van der Waals surface area contributed by atoms with Gasteiger partial charge in [0.1, 0.15) is 16.1 Å². The van der Waals surface area contributed by atoms with Gasteiger partial charge in [-0.05, 0) is 30.8 Å². The van der Waals surface area contributed by atoms with Crippen molar-refractivity contribution in [2.45, 2.75) is 17.0 Å². The van der Waals surface area contributed by atoms with E-state index in [0.717, 1.165) is 10.7 Å². The molecule has 0 atom stereocenters. The van der Waals surface area contributed by atoms with Crippen LogP contribution in [0.25, 0.3) is 0 Å². The lowest BCUT2D eigenvalue weighted by Gasteiger charge is -2.02. The smallest absolute Gasteiger partial charge is 0.121 e. The van der Waals surface area contributed by atoms with Crippen LogP contribution >= 0.6 is 11.8 Å². The molecule has 2 heterocycles. The minimum Gasteiger partial charge on any atom is -0.260 e. The van der Waals surface area contributed by atoms with Crippen molar-refractivity contribution < 1.29 is 0 Å². The molecule has 2 rings (SSSR count). The van der Waals surface area contributed by atoms with E-state index < -0.39 is 0 Å². The highest BCUT2D eigenvalue weighted by Gasteiger charge is 2.06. The first-order chi connectivity index (χ1) is 7.79. The van der Waals surface area contributed by atoms with Crippen LogP contribution in [0.15, 0.2) is 40.8 Å². The third-order valence-corrected chi connectivity index (χ3v) is 2.79. The maximum Gasteiger partial charge on any atom is 0.121 e. The summed E-state index contributed by atoms with van der Waals surface area (Å²) >= 11 is 1.35. The van der Waals surface area contributed by atoms with E-state index in [1.165, 1.54) is 11.8 Å². The normalized spacial score (nSPS) is 9.75. The number of rotatable bonds is 2. The van der Waals surface area contributed by atoms with E-state index in [0.29, 0.717) is 10.6 Å². The van der Waals surface area contributed by atoms with Gasteiger partial charge in [0.15, 0.2) is 0 Å². The third-order valence-electron chi connectivity index (χ3n) is 1.86. The van der Waals surface area contributed by atoms with Gasteiger partial charge in [-0.1, -0.05) is 0 Å². The summed E-state index contributed by atoms with van der Waals surface area (Å²) in [4.78, 5) is 12.4.